The predicted octanol–water partition coefficient (Wildman–Crippen LogP) is 3.21. The minimum Gasteiger partial charge on any atom is -0.406 e. The van der Waals surface area contributed by atoms with Crippen molar-refractivity contribution in [2.75, 3.05) is 54.9 Å². The lowest BCUT2D eigenvalue weighted by atomic mass is 9.98. The first-order chi connectivity index (χ1) is 18.0. The van der Waals surface area contributed by atoms with E-state index in [2.05, 4.69) is 20.3 Å². The van der Waals surface area contributed by atoms with Gasteiger partial charge in [-0.2, -0.15) is 0 Å². The fourth-order valence-corrected chi connectivity index (χ4v) is 4.97. The Bertz CT molecular complexity index is 1130. The van der Waals surface area contributed by atoms with E-state index in [0.717, 1.165) is 5.69 Å². The topological polar surface area (TPSA) is 103 Å². The number of morpholine rings is 1. The molecule has 2 aliphatic rings. The molecule has 0 aliphatic carbocycles. The lowest BCUT2D eigenvalue weighted by molar-refractivity contribution is -0.274. The molecule has 2 aromatic rings. The van der Waals surface area contributed by atoms with E-state index in [1.54, 1.807) is 36.4 Å². The number of benzene rings is 2. The Balaban J connectivity index is 1.34. The number of hydrogen-bond acceptors (Lipinski definition) is 7. The van der Waals surface area contributed by atoms with Gasteiger partial charge in [0, 0.05) is 62.6 Å². The maximum Gasteiger partial charge on any atom is 0.573 e. The SMILES string of the molecule is CC(=O)Nc1cccc(NC(=O)CC(CO)N2CCOC3(CCN(c4ccc(OC(F)(F)F)cc4)C3)C2)c1. The van der Waals surface area contributed by atoms with Gasteiger partial charge in [-0.1, -0.05) is 6.07 Å². The van der Waals surface area contributed by atoms with Gasteiger partial charge < -0.3 is 30.1 Å². The van der Waals surface area contributed by atoms with Crippen LogP contribution in [0.3, 0.4) is 0 Å². The summed E-state index contributed by atoms with van der Waals surface area (Å²) in [7, 11) is 0. The van der Waals surface area contributed by atoms with Crippen molar-refractivity contribution in [1.82, 2.24) is 4.90 Å². The smallest absolute Gasteiger partial charge is 0.406 e. The van der Waals surface area contributed by atoms with E-state index in [1.807, 2.05) is 4.90 Å². The molecule has 38 heavy (non-hydrogen) atoms. The Morgan fingerprint density at radius 1 is 1.11 bits per heavy atom. The zero-order valence-corrected chi connectivity index (χ0v) is 21.0. The van der Waals surface area contributed by atoms with E-state index in [-0.39, 0.29) is 30.6 Å². The molecule has 3 N–H and O–H groups in total. The quantitative estimate of drug-likeness (QED) is 0.476. The number of carbonyl (C=O) groups excluding carboxylic acids is 2. The van der Waals surface area contributed by atoms with Crippen LogP contribution in [0.5, 0.6) is 5.75 Å². The average molecular weight is 537 g/mol. The van der Waals surface area contributed by atoms with Crippen molar-refractivity contribution in [3.63, 3.8) is 0 Å². The number of halogens is 3. The second-order valence-electron chi connectivity index (χ2n) is 9.57. The number of aliphatic hydroxyl groups excluding tert-OH is 1. The Morgan fingerprint density at radius 3 is 2.47 bits per heavy atom. The van der Waals surface area contributed by atoms with Gasteiger partial charge >= 0.3 is 6.36 Å². The van der Waals surface area contributed by atoms with Crippen molar-refractivity contribution in [3.05, 3.63) is 48.5 Å². The summed E-state index contributed by atoms with van der Waals surface area (Å²) >= 11 is 0. The van der Waals surface area contributed by atoms with Crippen LogP contribution >= 0.6 is 0 Å². The lowest BCUT2D eigenvalue weighted by Crippen LogP contribution is -2.57. The lowest BCUT2D eigenvalue weighted by Gasteiger charge is -2.43. The highest BCUT2D eigenvalue weighted by molar-refractivity contribution is 5.93. The Morgan fingerprint density at radius 2 is 1.82 bits per heavy atom. The first-order valence-electron chi connectivity index (χ1n) is 12.3. The van der Waals surface area contributed by atoms with Gasteiger partial charge in [-0.15, -0.1) is 13.2 Å². The van der Waals surface area contributed by atoms with Gasteiger partial charge in [-0.05, 0) is 48.9 Å². The van der Waals surface area contributed by atoms with E-state index in [4.69, 9.17) is 4.74 Å². The molecular weight excluding hydrogens is 505 g/mol. The van der Waals surface area contributed by atoms with Crippen LogP contribution in [-0.2, 0) is 14.3 Å². The van der Waals surface area contributed by atoms with E-state index in [9.17, 15) is 27.9 Å². The van der Waals surface area contributed by atoms with Gasteiger partial charge in [0.05, 0.1) is 18.8 Å². The summed E-state index contributed by atoms with van der Waals surface area (Å²) in [6, 6.07) is 12.1. The van der Waals surface area contributed by atoms with E-state index >= 15 is 0 Å². The maximum absolute atomic E-state index is 12.8. The van der Waals surface area contributed by atoms with Crippen LogP contribution in [0.15, 0.2) is 48.5 Å². The maximum atomic E-state index is 12.8. The number of nitrogens with zero attached hydrogens (tertiary/aromatic N) is 2. The monoisotopic (exact) mass is 536 g/mol. The number of alkyl halides is 3. The molecule has 2 saturated heterocycles. The number of ether oxygens (including phenoxy) is 2. The Hall–Kier alpha value is -3.35. The van der Waals surface area contributed by atoms with Crippen molar-refractivity contribution in [3.8, 4) is 5.75 Å². The largest absolute Gasteiger partial charge is 0.573 e. The molecule has 2 heterocycles. The van der Waals surface area contributed by atoms with Crippen LogP contribution in [-0.4, -0.2) is 79.2 Å². The van der Waals surface area contributed by atoms with Crippen LogP contribution < -0.4 is 20.3 Å². The molecule has 2 unspecified atom stereocenters. The van der Waals surface area contributed by atoms with Gasteiger partial charge in [-0.3, -0.25) is 14.5 Å². The molecule has 2 amide bonds. The van der Waals surface area contributed by atoms with Crippen LogP contribution in [0.25, 0.3) is 0 Å². The van der Waals surface area contributed by atoms with E-state index < -0.39 is 18.0 Å². The normalized spacial score (nSPS) is 20.8. The number of anilines is 3. The molecule has 12 heteroatoms. The summed E-state index contributed by atoms with van der Waals surface area (Å²) in [5.74, 6) is -0.757. The number of nitrogens with one attached hydrogen (secondary N) is 2. The van der Waals surface area contributed by atoms with Crippen LogP contribution in [0.1, 0.15) is 19.8 Å². The van der Waals surface area contributed by atoms with Gasteiger partial charge in [0.1, 0.15) is 5.75 Å². The standard InChI is InChI=1S/C26H31F3N4O5/c1-18(35)30-19-3-2-4-20(13-19)31-24(36)14-22(15-34)33-11-12-37-25(17-33)9-10-32(16-25)21-5-7-23(8-6-21)38-26(27,28)29/h2-8,13,22,34H,9-12,14-17H2,1H3,(H,30,35)(H,31,36). The number of hydrogen-bond donors (Lipinski definition) is 3. The molecule has 0 saturated carbocycles. The summed E-state index contributed by atoms with van der Waals surface area (Å²) in [4.78, 5) is 28.2. The number of rotatable bonds is 8. The molecule has 1 spiro atoms. The highest BCUT2D eigenvalue weighted by atomic mass is 19.4. The average Bonchev–Trinajstić information content (AvgIpc) is 3.24. The summed E-state index contributed by atoms with van der Waals surface area (Å²) in [5, 5.41) is 15.6. The second kappa shape index (κ2) is 11.6. The molecule has 206 valence electrons. The first-order valence-corrected chi connectivity index (χ1v) is 12.3. The van der Waals surface area contributed by atoms with Crippen LogP contribution in [0.2, 0.25) is 0 Å². The van der Waals surface area contributed by atoms with Crippen LogP contribution in [0.4, 0.5) is 30.2 Å². The highest BCUT2D eigenvalue weighted by Gasteiger charge is 2.44. The van der Waals surface area contributed by atoms with Crippen molar-refractivity contribution in [2.45, 2.75) is 37.8 Å². The number of carbonyl (C=O) groups is 2. The molecule has 0 aromatic heterocycles. The van der Waals surface area contributed by atoms with E-state index in [0.29, 0.717) is 50.6 Å². The summed E-state index contributed by atoms with van der Waals surface area (Å²) in [6.45, 7) is 3.88. The zero-order chi connectivity index (χ0) is 27.3. The molecule has 4 rings (SSSR count). The van der Waals surface area contributed by atoms with Gasteiger partial charge in [-0.25, -0.2) is 0 Å². The molecular formula is C26H31F3N4O5. The van der Waals surface area contributed by atoms with Gasteiger partial charge in [0.15, 0.2) is 0 Å². The number of amides is 2. The fraction of sp³-hybridized carbons (Fsp3) is 0.462. The van der Waals surface area contributed by atoms with Crippen molar-refractivity contribution >= 4 is 28.9 Å². The molecule has 0 radical (unpaired) electrons. The molecule has 2 fully saturated rings. The molecule has 9 nitrogen and oxygen atoms in total. The van der Waals surface area contributed by atoms with Crippen molar-refractivity contribution in [2.24, 2.45) is 0 Å². The van der Waals surface area contributed by atoms with Crippen molar-refractivity contribution in [1.29, 1.82) is 0 Å². The Labute approximate surface area is 218 Å². The summed E-state index contributed by atoms with van der Waals surface area (Å²) in [6.07, 6.45) is -3.97. The van der Waals surface area contributed by atoms with Gasteiger partial charge in [0.25, 0.3) is 0 Å². The first kappa shape index (κ1) is 27.7. The van der Waals surface area contributed by atoms with Gasteiger partial charge in [0.2, 0.25) is 11.8 Å². The molecule has 2 aromatic carbocycles. The minimum atomic E-state index is -4.74. The Kier molecular flexibility index (Phi) is 8.44. The van der Waals surface area contributed by atoms with E-state index in [1.165, 1.54) is 19.1 Å². The third-order valence-electron chi connectivity index (χ3n) is 6.64. The molecule has 0 bridgehead atoms. The van der Waals surface area contributed by atoms with Crippen LogP contribution in [0, 0.1) is 0 Å². The van der Waals surface area contributed by atoms with Crippen molar-refractivity contribution < 1.29 is 37.3 Å². The third kappa shape index (κ3) is 7.36. The molecule has 2 aliphatic heterocycles. The summed E-state index contributed by atoms with van der Waals surface area (Å²) < 4.78 is 47.5. The predicted molar refractivity (Wildman–Crippen MR) is 135 cm³/mol. The fourth-order valence-electron chi connectivity index (χ4n) is 4.97. The summed E-state index contributed by atoms with van der Waals surface area (Å²) in [5.41, 5.74) is 1.35. The number of aliphatic hydroxyl groups is 1. The highest BCUT2D eigenvalue weighted by Crippen LogP contribution is 2.34. The molecule has 2 atom stereocenters. The zero-order valence-electron chi connectivity index (χ0n) is 21.0. The third-order valence-corrected chi connectivity index (χ3v) is 6.64. The second-order valence-corrected chi connectivity index (χ2v) is 9.57. The minimum absolute atomic E-state index is 0.0708.